The second kappa shape index (κ2) is 7.32. The summed E-state index contributed by atoms with van der Waals surface area (Å²) in [6, 6.07) is 6.96. The molecule has 1 aromatic rings. The number of aryl methyl sites for hydroxylation is 2. The Morgan fingerprint density at radius 2 is 2.00 bits per heavy atom. The van der Waals surface area contributed by atoms with Crippen molar-refractivity contribution in [2.75, 3.05) is 12.4 Å². The van der Waals surface area contributed by atoms with Crippen LogP contribution in [0.1, 0.15) is 38.3 Å². The van der Waals surface area contributed by atoms with Crippen molar-refractivity contribution in [3.8, 4) is 0 Å². The van der Waals surface area contributed by atoms with E-state index in [2.05, 4.69) is 58.1 Å². The molecule has 0 amide bonds. The first kappa shape index (κ1) is 16.5. The maximum Gasteiger partial charge on any atom is 0.0610 e. The van der Waals surface area contributed by atoms with Crippen molar-refractivity contribution in [1.29, 1.82) is 0 Å². The fraction of sp³-hybridized carbons (Fsp3) is 0.625. The minimum absolute atomic E-state index is 0.179. The van der Waals surface area contributed by atoms with Gasteiger partial charge in [-0.2, -0.15) is 0 Å². The highest BCUT2D eigenvalue weighted by Crippen LogP contribution is 2.26. The van der Waals surface area contributed by atoms with Crippen molar-refractivity contribution >= 4 is 11.8 Å². The second-order valence-corrected chi connectivity index (χ2v) is 7.02. The van der Waals surface area contributed by atoms with E-state index in [1.807, 2.05) is 11.8 Å². The SMILES string of the molecule is Cc1ccc(C)c(SCCC(C)(CO)NC(C)C)c1. The van der Waals surface area contributed by atoms with Crippen LogP contribution in [0.4, 0.5) is 0 Å². The van der Waals surface area contributed by atoms with E-state index in [1.54, 1.807) is 0 Å². The van der Waals surface area contributed by atoms with Crippen molar-refractivity contribution in [1.82, 2.24) is 5.32 Å². The Morgan fingerprint density at radius 1 is 1.32 bits per heavy atom. The van der Waals surface area contributed by atoms with Gasteiger partial charge in [-0.05, 0) is 44.6 Å². The number of aliphatic hydroxyl groups excluding tert-OH is 1. The molecule has 1 aromatic carbocycles. The van der Waals surface area contributed by atoms with E-state index in [4.69, 9.17) is 0 Å². The molecule has 1 atom stereocenters. The summed E-state index contributed by atoms with van der Waals surface area (Å²) in [5.74, 6) is 1.01. The topological polar surface area (TPSA) is 32.3 Å². The van der Waals surface area contributed by atoms with Crippen LogP contribution in [-0.4, -0.2) is 29.0 Å². The summed E-state index contributed by atoms with van der Waals surface area (Å²) in [5, 5.41) is 13.0. The number of hydrogen-bond donors (Lipinski definition) is 2. The largest absolute Gasteiger partial charge is 0.394 e. The quantitative estimate of drug-likeness (QED) is 0.750. The molecular weight excluding hydrogens is 254 g/mol. The van der Waals surface area contributed by atoms with Gasteiger partial charge in [-0.1, -0.05) is 31.5 Å². The van der Waals surface area contributed by atoms with Crippen molar-refractivity contribution in [3.05, 3.63) is 29.3 Å². The zero-order valence-electron chi connectivity index (χ0n) is 12.8. The fourth-order valence-corrected chi connectivity index (χ4v) is 3.48. The smallest absolute Gasteiger partial charge is 0.0610 e. The van der Waals surface area contributed by atoms with Gasteiger partial charge in [0.25, 0.3) is 0 Å². The molecule has 0 radical (unpaired) electrons. The lowest BCUT2D eigenvalue weighted by atomic mass is 9.99. The Balaban J connectivity index is 2.55. The van der Waals surface area contributed by atoms with Gasteiger partial charge in [0.05, 0.1) is 6.61 Å². The first-order valence-electron chi connectivity index (χ1n) is 6.95. The van der Waals surface area contributed by atoms with Crippen molar-refractivity contribution in [3.63, 3.8) is 0 Å². The number of aliphatic hydroxyl groups is 1. The molecule has 3 heteroatoms. The van der Waals surface area contributed by atoms with Crippen LogP contribution < -0.4 is 5.32 Å². The Hall–Kier alpha value is -0.510. The van der Waals surface area contributed by atoms with Crippen LogP contribution >= 0.6 is 11.8 Å². The van der Waals surface area contributed by atoms with E-state index >= 15 is 0 Å². The van der Waals surface area contributed by atoms with Crippen LogP contribution in [-0.2, 0) is 0 Å². The van der Waals surface area contributed by atoms with Crippen molar-refractivity contribution in [2.24, 2.45) is 0 Å². The summed E-state index contributed by atoms with van der Waals surface area (Å²) in [6.07, 6.45) is 0.958. The van der Waals surface area contributed by atoms with Crippen LogP contribution in [0.15, 0.2) is 23.1 Å². The molecule has 0 saturated heterocycles. The predicted molar refractivity (Wildman–Crippen MR) is 85.0 cm³/mol. The monoisotopic (exact) mass is 281 g/mol. The highest BCUT2D eigenvalue weighted by atomic mass is 32.2. The maximum absolute atomic E-state index is 9.56. The first-order valence-corrected chi connectivity index (χ1v) is 7.93. The summed E-state index contributed by atoms with van der Waals surface area (Å²) in [5.41, 5.74) is 2.45. The van der Waals surface area contributed by atoms with Crippen molar-refractivity contribution < 1.29 is 5.11 Å². The number of thioether (sulfide) groups is 1. The van der Waals surface area contributed by atoms with Crippen LogP contribution in [0.5, 0.6) is 0 Å². The van der Waals surface area contributed by atoms with Gasteiger partial charge in [0.15, 0.2) is 0 Å². The average Bonchev–Trinajstić information content (AvgIpc) is 2.32. The highest BCUT2D eigenvalue weighted by molar-refractivity contribution is 7.99. The summed E-state index contributed by atoms with van der Waals surface area (Å²) < 4.78 is 0. The van der Waals surface area contributed by atoms with Crippen LogP contribution in [0.2, 0.25) is 0 Å². The third-order valence-electron chi connectivity index (χ3n) is 3.24. The Kier molecular flexibility index (Phi) is 6.37. The van der Waals surface area contributed by atoms with Gasteiger partial charge < -0.3 is 10.4 Å². The molecule has 0 saturated carbocycles. The van der Waals surface area contributed by atoms with Crippen LogP contribution in [0.3, 0.4) is 0 Å². The molecule has 0 aliphatic rings. The van der Waals surface area contributed by atoms with E-state index < -0.39 is 0 Å². The van der Waals surface area contributed by atoms with Gasteiger partial charge in [-0.15, -0.1) is 11.8 Å². The average molecular weight is 281 g/mol. The van der Waals surface area contributed by atoms with E-state index in [-0.39, 0.29) is 12.1 Å². The summed E-state index contributed by atoms with van der Waals surface area (Å²) in [4.78, 5) is 1.35. The molecule has 0 aliphatic heterocycles. The second-order valence-electron chi connectivity index (χ2n) is 5.89. The molecule has 0 aliphatic carbocycles. The summed E-state index contributed by atoms with van der Waals surface area (Å²) in [7, 11) is 0. The molecule has 2 nitrogen and oxygen atoms in total. The zero-order chi connectivity index (χ0) is 14.5. The molecule has 1 rings (SSSR count). The summed E-state index contributed by atoms with van der Waals surface area (Å²) >= 11 is 1.88. The van der Waals surface area contributed by atoms with Crippen LogP contribution in [0, 0.1) is 13.8 Å². The number of rotatable bonds is 7. The Bertz CT molecular complexity index is 406. The molecular formula is C16H27NOS. The van der Waals surface area contributed by atoms with Gasteiger partial charge >= 0.3 is 0 Å². The standard InChI is InChI=1S/C16H27NOS/c1-12(2)17-16(5,11-18)8-9-19-15-10-13(3)6-7-14(15)4/h6-7,10,12,17-18H,8-9,11H2,1-5H3. The first-order chi connectivity index (χ1) is 8.86. The molecule has 0 heterocycles. The molecule has 0 aromatic heterocycles. The van der Waals surface area contributed by atoms with Gasteiger partial charge in [-0.3, -0.25) is 0 Å². The zero-order valence-corrected chi connectivity index (χ0v) is 13.6. The van der Waals surface area contributed by atoms with Gasteiger partial charge in [0.2, 0.25) is 0 Å². The molecule has 108 valence electrons. The number of hydrogen-bond acceptors (Lipinski definition) is 3. The van der Waals surface area contributed by atoms with E-state index in [1.165, 1.54) is 16.0 Å². The van der Waals surface area contributed by atoms with Gasteiger partial charge in [0, 0.05) is 16.5 Å². The van der Waals surface area contributed by atoms with Crippen molar-refractivity contribution in [2.45, 2.75) is 57.5 Å². The summed E-state index contributed by atoms with van der Waals surface area (Å²) in [6.45, 7) is 10.8. The van der Waals surface area contributed by atoms with Crippen LogP contribution in [0.25, 0.3) is 0 Å². The third-order valence-corrected chi connectivity index (χ3v) is 4.40. The minimum Gasteiger partial charge on any atom is -0.394 e. The molecule has 2 N–H and O–H groups in total. The molecule has 1 unspecified atom stereocenters. The lowest BCUT2D eigenvalue weighted by molar-refractivity contribution is 0.162. The number of nitrogens with one attached hydrogen (secondary N) is 1. The van der Waals surface area contributed by atoms with Gasteiger partial charge in [0.1, 0.15) is 0 Å². The third kappa shape index (κ3) is 5.55. The van der Waals surface area contributed by atoms with Gasteiger partial charge in [-0.25, -0.2) is 0 Å². The van der Waals surface area contributed by atoms with E-state index in [0.717, 1.165) is 12.2 Å². The highest BCUT2D eigenvalue weighted by Gasteiger charge is 2.23. The lowest BCUT2D eigenvalue weighted by Crippen LogP contribution is -2.49. The fourth-order valence-electron chi connectivity index (χ4n) is 2.14. The molecule has 0 fully saturated rings. The van der Waals surface area contributed by atoms with E-state index in [0.29, 0.717) is 6.04 Å². The number of benzene rings is 1. The predicted octanol–water partition coefficient (Wildman–Crippen LogP) is 3.53. The molecule has 0 spiro atoms. The molecule has 0 bridgehead atoms. The normalized spacial score (nSPS) is 14.7. The minimum atomic E-state index is -0.182. The maximum atomic E-state index is 9.56. The molecule has 19 heavy (non-hydrogen) atoms. The Morgan fingerprint density at radius 3 is 2.58 bits per heavy atom. The van der Waals surface area contributed by atoms with E-state index in [9.17, 15) is 5.11 Å². The lowest BCUT2D eigenvalue weighted by Gasteiger charge is -2.31. The Labute approximate surface area is 122 Å².